The second-order valence-corrected chi connectivity index (χ2v) is 7.92. The van der Waals surface area contributed by atoms with E-state index in [2.05, 4.69) is 31.1 Å². The molecule has 0 aromatic heterocycles. The lowest BCUT2D eigenvalue weighted by Gasteiger charge is -2.35. The standard InChI is InChI=1S/C19H28N2O2.C4H10/c1-21(17-9-11-23-12-10-17)18-8-7-15(13-18)14-20-19(22)16-5-3-2-4-6-16;1-3-4-2/h2-6,15,17-18H,7-14H2,1H3,(H,20,22);3-4H2,1-2H3/t15?,18-;/m1./s1. The second-order valence-electron chi connectivity index (χ2n) is 7.92. The Bertz CT molecular complexity index is 526. The van der Waals surface area contributed by atoms with Crippen LogP contribution < -0.4 is 5.32 Å². The molecule has 2 atom stereocenters. The quantitative estimate of drug-likeness (QED) is 0.797. The molecule has 1 saturated carbocycles. The molecule has 0 bridgehead atoms. The summed E-state index contributed by atoms with van der Waals surface area (Å²) in [4.78, 5) is 14.7. The summed E-state index contributed by atoms with van der Waals surface area (Å²) < 4.78 is 5.47. The lowest BCUT2D eigenvalue weighted by atomic mass is 10.0. The van der Waals surface area contributed by atoms with E-state index in [9.17, 15) is 4.79 Å². The van der Waals surface area contributed by atoms with E-state index < -0.39 is 0 Å². The van der Waals surface area contributed by atoms with Crippen LogP contribution in [0.5, 0.6) is 0 Å². The molecule has 0 radical (unpaired) electrons. The maximum atomic E-state index is 12.1. The van der Waals surface area contributed by atoms with E-state index in [1.165, 1.54) is 32.1 Å². The Morgan fingerprint density at radius 2 is 1.70 bits per heavy atom. The van der Waals surface area contributed by atoms with E-state index in [0.717, 1.165) is 38.2 Å². The molecule has 1 aliphatic heterocycles. The smallest absolute Gasteiger partial charge is 0.251 e. The molecule has 1 saturated heterocycles. The minimum absolute atomic E-state index is 0.0480. The topological polar surface area (TPSA) is 41.6 Å². The first kappa shape index (κ1) is 21.9. The number of nitrogens with one attached hydrogen (secondary N) is 1. The highest BCUT2D eigenvalue weighted by Crippen LogP contribution is 2.31. The van der Waals surface area contributed by atoms with Crippen LogP contribution in [0.25, 0.3) is 0 Å². The van der Waals surface area contributed by atoms with E-state index in [1.807, 2.05) is 30.3 Å². The summed E-state index contributed by atoms with van der Waals surface area (Å²) in [6.45, 7) is 6.96. The summed E-state index contributed by atoms with van der Waals surface area (Å²) in [6.07, 6.45) is 8.61. The summed E-state index contributed by atoms with van der Waals surface area (Å²) in [7, 11) is 2.27. The molecule has 3 rings (SSSR count). The van der Waals surface area contributed by atoms with Gasteiger partial charge in [-0.15, -0.1) is 0 Å². The van der Waals surface area contributed by atoms with Crippen LogP contribution in [0, 0.1) is 5.92 Å². The van der Waals surface area contributed by atoms with Crippen LogP contribution in [0.3, 0.4) is 0 Å². The molecule has 1 N–H and O–H groups in total. The van der Waals surface area contributed by atoms with Gasteiger partial charge in [0.15, 0.2) is 0 Å². The zero-order valence-corrected chi connectivity index (χ0v) is 17.5. The van der Waals surface area contributed by atoms with E-state index in [4.69, 9.17) is 4.74 Å². The van der Waals surface area contributed by atoms with Gasteiger partial charge in [0, 0.05) is 37.4 Å². The SMILES string of the molecule is CCCC.CN(C1CCOCC1)[C@@H]1CCC(CNC(=O)c2ccccc2)C1. The number of carbonyl (C=O) groups excluding carboxylic acids is 1. The summed E-state index contributed by atoms with van der Waals surface area (Å²) >= 11 is 0. The molecule has 1 aromatic carbocycles. The van der Waals surface area contributed by atoms with Crippen LogP contribution in [0.4, 0.5) is 0 Å². The number of rotatable bonds is 6. The van der Waals surface area contributed by atoms with Crippen molar-refractivity contribution in [3.8, 4) is 0 Å². The maximum Gasteiger partial charge on any atom is 0.251 e. The van der Waals surface area contributed by atoms with Gasteiger partial charge in [-0.1, -0.05) is 44.9 Å². The van der Waals surface area contributed by atoms with Crippen molar-refractivity contribution in [3.05, 3.63) is 35.9 Å². The van der Waals surface area contributed by atoms with Gasteiger partial charge in [0.25, 0.3) is 5.91 Å². The molecule has 2 aliphatic rings. The largest absolute Gasteiger partial charge is 0.381 e. The number of benzene rings is 1. The fraction of sp³-hybridized carbons (Fsp3) is 0.696. The fourth-order valence-corrected chi connectivity index (χ4v) is 3.92. The Kier molecular flexibility index (Phi) is 9.85. The molecular weight excluding hydrogens is 336 g/mol. The zero-order valence-electron chi connectivity index (χ0n) is 17.5. The minimum atomic E-state index is 0.0480. The van der Waals surface area contributed by atoms with Gasteiger partial charge in [-0.3, -0.25) is 4.79 Å². The number of hydrogen-bond acceptors (Lipinski definition) is 3. The average molecular weight is 375 g/mol. The normalized spacial score (nSPS) is 23.0. The first-order valence-electron chi connectivity index (χ1n) is 10.8. The average Bonchev–Trinajstić information content (AvgIpc) is 3.22. The molecule has 4 nitrogen and oxygen atoms in total. The van der Waals surface area contributed by atoms with E-state index >= 15 is 0 Å². The van der Waals surface area contributed by atoms with Gasteiger partial charge in [-0.25, -0.2) is 0 Å². The Balaban J connectivity index is 0.000000596. The van der Waals surface area contributed by atoms with Crippen molar-refractivity contribution >= 4 is 5.91 Å². The Labute approximate surface area is 165 Å². The summed E-state index contributed by atoms with van der Waals surface area (Å²) in [5, 5.41) is 3.10. The van der Waals surface area contributed by atoms with Gasteiger partial charge >= 0.3 is 0 Å². The molecule has 1 aliphatic carbocycles. The van der Waals surface area contributed by atoms with Crippen molar-refractivity contribution in [2.45, 2.75) is 70.9 Å². The van der Waals surface area contributed by atoms with Crippen molar-refractivity contribution in [3.63, 3.8) is 0 Å². The predicted octanol–water partition coefficient (Wildman–Crippen LogP) is 4.50. The van der Waals surface area contributed by atoms with Gasteiger partial charge in [0.2, 0.25) is 0 Å². The molecular formula is C23H38N2O2. The fourth-order valence-electron chi connectivity index (χ4n) is 3.92. The Hall–Kier alpha value is -1.39. The molecule has 1 amide bonds. The van der Waals surface area contributed by atoms with Crippen LogP contribution in [0.2, 0.25) is 0 Å². The van der Waals surface area contributed by atoms with E-state index in [1.54, 1.807) is 0 Å². The highest BCUT2D eigenvalue weighted by atomic mass is 16.5. The number of hydrogen-bond donors (Lipinski definition) is 1. The molecule has 152 valence electrons. The monoisotopic (exact) mass is 374 g/mol. The molecule has 1 heterocycles. The van der Waals surface area contributed by atoms with Crippen LogP contribution >= 0.6 is 0 Å². The molecule has 0 spiro atoms. The summed E-state index contributed by atoms with van der Waals surface area (Å²) in [5.41, 5.74) is 0.751. The van der Waals surface area contributed by atoms with Crippen LogP contribution in [-0.4, -0.2) is 49.7 Å². The molecule has 2 fully saturated rings. The first-order valence-corrected chi connectivity index (χ1v) is 10.8. The lowest BCUT2D eigenvalue weighted by Crippen LogP contribution is -2.42. The Morgan fingerprint density at radius 1 is 1.04 bits per heavy atom. The van der Waals surface area contributed by atoms with Crippen molar-refractivity contribution in [1.82, 2.24) is 10.2 Å². The number of amides is 1. The number of ether oxygens (including phenoxy) is 1. The maximum absolute atomic E-state index is 12.1. The van der Waals surface area contributed by atoms with Crippen molar-refractivity contribution in [2.75, 3.05) is 26.8 Å². The second kappa shape index (κ2) is 12.1. The van der Waals surface area contributed by atoms with Gasteiger partial charge < -0.3 is 15.0 Å². The third-order valence-electron chi connectivity index (χ3n) is 5.94. The van der Waals surface area contributed by atoms with Crippen LogP contribution in [0.15, 0.2) is 30.3 Å². The highest BCUT2D eigenvalue weighted by molar-refractivity contribution is 5.94. The predicted molar refractivity (Wildman–Crippen MR) is 112 cm³/mol. The van der Waals surface area contributed by atoms with Gasteiger partial charge in [-0.05, 0) is 57.2 Å². The number of nitrogens with zero attached hydrogens (tertiary/aromatic N) is 1. The van der Waals surface area contributed by atoms with Crippen LogP contribution in [-0.2, 0) is 4.74 Å². The lowest BCUT2D eigenvalue weighted by molar-refractivity contribution is 0.0288. The van der Waals surface area contributed by atoms with E-state index in [0.29, 0.717) is 18.0 Å². The van der Waals surface area contributed by atoms with Crippen molar-refractivity contribution in [1.29, 1.82) is 0 Å². The zero-order chi connectivity index (χ0) is 19.5. The molecule has 1 aromatic rings. The summed E-state index contributed by atoms with van der Waals surface area (Å²) in [6, 6.07) is 10.8. The van der Waals surface area contributed by atoms with Gasteiger partial charge in [0.05, 0.1) is 0 Å². The van der Waals surface area contributed by atoms with Crippen molar-refractivity contribution < 1.29 is 9.53 Å². The van der Waals surface area contributed by atoms with Gasteiger partial charge in [0.1, 0.15) is 0 Å². The van der Waals surface area contributed by atoms with E-state index in [-0.39, 0.29) is 5.91 Å². The first-order chi connectivity index (χ1) is 13.2. The third-order valence-corrected chi connectivity index (χ3v) is 5.94. The molecule has 27 heavy (non-hydrogen) atoms. The van der Waals surface area contributed by atoms with Gasteiger partial charge in [-0.2, -0.15) is 0 Å². The Morgan fingerprint density at radius 3 is 2.33 bits per heavy atom. The third kappa shape index (κ3) is 7.27. The number of carbonyl (C=O) groups is 1. The minimum Gasteiger partial charge on any atom is -0.381 e. The molecule has 4 heteroatoms. The number of unbranched alkanes of at least 4 members (excludes halogenated alkanes) is 1. The molecule has 1 unspecified atom stereocenters. The van der Waals surface area contributed by atoms with Crippen molar-refractivity contribution in [2.24, 2.45) is 5.92 Å². The van der Waals surface area contributed by atoms with Crippen LogP contribution in [0.1, 0.15) is 69.2 Å². The summed E-state index contributed by atoms with van der Waals surface area (Å²) in [5.74, 6) is 0.654. The highest BCUT2D eigenvalue weighted by Gasteiger charge is 2.31.